The van der Waals surface area contributed by atoms with Crippen molar-refractivity contribution >= 4 is 44.1 Å². The molecule has 0 spiro atoms. The predicted molar refractivity (Wildman–Crippen MR) is 103 cm³/mol. The van der Waals surface area contributed by atoms with E-state index in [1.165, 1.54) is 16.2 Å². The first kappa shape index (κ1) is 18.0. The van der Waals surface area contributed by atoms with Crippen molar-refractivity contribution < 1.29 is 14.1 Å². The van der Waals surface area contributed by atoms with E-state index in [1.54, 1.807) is 6.20 Å². The summed E-state index contributed by atoms with van der Waals surface area (Å²) >= 11 is 1.48. The van der Waals surface area contributed by atoms with Crippen LogP contribution in [-0.2, 0) is 0 Å². The van der Waals surface area contributed by atoms with Gasteiger partial charge in [-0.05, 0) is 18.2 Å². The number of carbonyl (C=O) groups is 1. The Kier molecular flexibility index (Phi) is 4.51. The number of nitro groups is 1. The molecule has 0 bridgehead atoms. The molecule has 3 heterocycles. The Bertz CT molecular complexity index is 1050. The van der Waals surface area contributed by atoms with Gasteiger partial charge in [0.25, 0.3) is 11.6 Å². The maximum Gasteiger partial charge on any atom is 0.295 e. The molecular formula is C17H15FN6O3S. The second kappa shape index (κ2) is 7.00. The van der Waals surface area contributed by atoms with Crippen LogP contribution in [0.4, 0.5) is 20.9 Å². The Balaban J connectivity index is 1.51. The van der Waals surface area contributed by atoms with Crippen molar-refractivity contribution in [2.45, 2.75) is 0 Å². The highest BCUT2D eigenvalue weighted by atomic mass is 32.1. The molecule has 1 fully saturated rings. The summed E-state index contributed by atoms with van der Waals surface area (Å²) < 4.78 is 13.7. The molecular weight excluding hydrogens is 387 g/mol. The van der Waals surface area contributed by atoms with Crippen molar-refractivity contribution in [3.05, 3.63) is 52.0 Å². The molecule has 1 aromatic carbocycles. The second-order valence-electron chi connectivity index (χ2n) is 6.25. The summed E-state index contributed by atoms with van der Waals surface area (Å²) in [7, 11) is 0. The van der Waals surface area contributed by atoms with Crippen LogP contribution in [0.1, 0.15) is 10.4 Å². The van der Waals surface area contributed by atoms with E-state index in [1.807, 2.05) is 17.0 Å². The first-order valence-corrected chi connectivity index (χ1v) is 9.25. The monoisotopic (exact) mass is 402 g/mol. The number of nitro benzene ring substituents is 1. The van der Waals surface area contributed by atoms with E-state index < -0.39 is 22.3 Å². The summed E-state index contributed by atoms with van der Waals surface area (Å²) in [5.41, 5.74) is 5.44. The van der Waals surface area contributed by atoms with Gasteiger partial charge in [-0.25, -0.2) is 14.4 Å². The van der Waals surface area contributed by atoms with Gasteiger partial charge < -0.3 is 15.5 Å². The lowest BCUT2D eigenvalue weighted by Gasteiger charge is -2.34. The quantitative estimate of drug-likeness (QED) is 0.405. The molecule has 1 saturated heterocycles. The number of carbonyl (C=O) groups excluding carboxylic acids is 1. The molecule has 1 aliphatic heterocycles. The summed E-state index contributed by atoms with van der Waals surface area (Å²) in [5, 5.41) is 11.8. The zero-order valence-electron chi connectivity index (χ0n) is 14.5. The van der Waals surface area contributed by atoms with E-state index in [9.17, 15) is 19.3 Å². The van der Waals surface area contributed by atoms with Crippen molar-refractivity contribution in [1.29, 1.82) is 0 Å². The van der Waals surface area contributed by atoms with E-state index in [-0.39, 0.29) is 11.3 Å². The molecule has 1 aliphatic rings. The zero-order valence-corrected chi connectivity index (χ0v) is 15.4. The van der Waals surface area contributed by atoms with Gasteiger partial charge in [0, 0.05) is 32.4 Å². The highest BCUT2D eigenvalue weighted by Crippen LogP contribution is 2.30. The number of nitrogens with zero attached hydrogens (tertiary/aromatic N) is 5. The molecule has 0 saturated carbocycles. The number of nitrogen functional groups attached to an aromatic ring is 1. The Morgan fingerprint density at radius 3 is 2.71 bits per heavy atom. The van der Waals surface area contributed by atoms with Gasteiger partial charge in [-0.15, -0.1) is 0 Å². The van der Waals surface area contributed by atoms with Crippen LogP contribution in [-0.4, -0.2) is 51.9 Å². The fraction of sp³-hybridized carbons (Fsp3) is 0.235. The Labute approximate surface area is 162 Å². The van der Waals surface area contributed by atoms with Gasteiger partial charge in [0.05, 0.1) is 16.6 Å². The van der Waals surface area contributed by atoms with Gasteiger partial charge in [-0.1, -0.05) is 11.3 Å². The number of halogens is 1. The lowest BCUT2D eigenvalue weighted by Crippen LogP contribution is -2.49. The highest BCUT2D eigenvalue weighted by Gasteiger charge is 2.28. The number of amides is 1. The summed E-state index contributed by atoms with van der Waals surface area (Å²) in [6.45, 7) is 1.80. The molecule has 0 atom stereocenters. The number of benzene rings is 1. The first-order valence-electron chi connectivity index (χ1n) is 8.43. The largest absolute Gasteiger partial charge is 0.393 e. The molecule has 2 N–H and O–H groups in total. The minimum atomic E-state index is -0.870. The fourth-order valence-corrected chi connectivity index (χ4v) is 4.06. The van der Waals surface area contributed by atoms with Crippen LogP contribution in [0.2, 0.25) is 0 Å². The number of anilines is 2. The van der Waals surface area contributed by atoms with Crippen LogP contribution in [0.3, 0.4) is 0 Å². The Hall–Kier alpha value is -3.34. The van der Waals surface area contributed by atoms with Crippen LogP contribution in [0.5, 0.6) is 0 Å². The minimum absolute atomic E-state index is 0.190. The Morgan fingerprint density at radius 2 is 2.04 bits per heavy atom. The number of thiazole rings is 1. The van der Waals surface area contributed by atoms with E-state index in [4.69, 9.17) is 5.73 Å². The average Bonchev–Trinajstić information content (AvgIpc) is 3.13. The van der Waals surface area contributed by atoms with Crippen LogP contribution in [0.15, 0.2) is 30.5 Å². The SMILES string of the molecule is Nc1c(C(=O)N2CCN(c3nc4cccnc4s3)CC2)cc(F)cc1[N+](=O)[O-]. The third kappa shape index (κ3) is 3.20. The number of fused-ring (bicyclic) bond motifs is 1. The van der Waals surface area contributed by atoms with Gasteiger partial charge in [0.15, 0.2) is 5.13 Å². The molecule has 9 nitrogen and oxygen atoms in total. The van der Waals surface area contributed by atoms with Gasteiger partial charge >= 0.3 is 0 Å². The fourth-order valence-electron chi connectivity index (χ4n) is 3.10. The minimum Gasteiger partial charge on any atom is -0.393 e. The number of rotatable bonds is 3. The first-order chi connectivity index (χ1) is 13.4. The third-order valence-electron chi connectivity index (χ3n) is 4.54. The van der Waals surface area contributed by atoms with Crippen LogP contribution in [0.25, 0.3) is 10.3 Å². The smallest absolute Gasteiger partial charge is 0.295 e. The van der Waals surface area contributed by atoms with Crippen LogP contribution in [0, 0.1) is 15.9 Å². The van der Waals surface area contributed by atoms with Crippen molar-refractivity contribution in [1.82, 2.24) is 14.9 Å². The van der Waals surface area contributed by atoms with Gasteiger partial charge in [0.2, 0.25) is 0 Å². The van der Waals surface area contributed by atoms with Crippen molar-refractivity contribution in [3.63, 3.8) is 0 Å². The second-order valence-corrected chi connectivity index (χ2v) is 7.20. The normalized spacial score (nSPS) is 14.5. The number of aromatic nitrogens is 2. The molecule has 11 heteroatoms. The molecule has 28 heavy (non-hydrogen) atoms. The lowest BCUT2D eigenvalue weighted by molar-refractivity contribution is -0.384. The van der Waals surface area contributed by atoms with Crippen LogP contribution < -0.4 is 10.6 Å². The molecule has 0 radical (unpaired) electrons. The van der Waals surface area contributed by atoms with E-state index >= 15 is 0 Å². The maximum atomic E-state index is 13.7. The zero-order chi connectivity index (χ0) is 19.8. The highest BCUT2D eigenvalue weighted by molar-refractivity contribution is 7.21. The van der Waals surface area contributed by atoms with Crippen molar-refractivity contribution in [2.75, 3.05) is 36.8 Å². The summed E-state index contributed by atoms with van der Waals surface area (Å²) in [4.78, 5) is 36.2. The number of pyridine rings is 1. The standard InChI is InChI=1S/C17H15FN6O3S/c18-10-8-11(14(19)13(9-10)24(26)27)16(25)22-4-6-23(7-5-22)17-21-12-2-1-3-20-15(12)28-17/h1-3,8-9H,4-7,19H2. The molecule has 1 amide bonds. The van der Waals surface area contributed by atoms with E-state index in [2.05, 4.69) is 9.97 Å². The number of hydrogen-bond acceptors (Lipinski definition) is 8. The van der Waals surface area contributed by atoms with Gasteiger partial charge in [0.1, 0.15) is 21.9 Å². The molecule has 2 aromatic heterocycles. The third-order valence-corrected chi connectivity index (χ3v) is 5.58. The number of nitrogens with two attached hydrogens (primary N) is 1. The van der Waals surface area contributed by atoms with Crippen LogP contribution >= 0.6 is 11.3 Å². The Morgan fingerprint density at radius 1 is 1.29 bits per heavy atom. The summed E-state index contributed by atoms with van der Waals surface area (Å²) in [6, 6.07) is 5.37. The van der Waals surface area contributed by atoms with Gasteiger partial charge in [-0.3, -0.25) is 14.9 Å². The molecule has 144 valence electrons. The van der Waals surface area contributed by atoms with Crippen molar-refractivity contribution in [2.24, 2.45) is 0 Å². The maximum absolute atomic E-state index is 13.7. The number of hydrogen-bond donors (Lipinski definition) is 1. The summed E-state index contributed by atoms with van der Waals surface area (Å²) in [5.74, 6) is -1.39. The van der Waals surface area contributed by atoms with E-state index in [0.29, 0.717) is 32.2 Å². The molecule has 0 aliphatic carbocycles. The lowest BCUT2D eigenvalue weighted by atomic mass is 10.1. The van der Waals surface area contributed by atoms with Gasteiger partial charge in [-0.2, -0.15) is 0 Å². The topological polar surface area (TPSA) is 118 Å². The molecule has 4 rings (SSSR count). The molecule has 0 unspecified atom stereocenters. The average molecular weight is 402 g/mol. The molecule has 3 aromatic rings. The predicted octanol–water partition coefficient (Wildman–Crippen LogP) is 2.28. The van der Waals surface area contributed by atoms with E-state index in [0.717, 1.165) is 21.5 Å². The summed E-state index contributed by atoms with van der Waals surface area (Å²) in [6.07, 6.45) is 1.71. The number of piperazine rings is 1. The van der Waals surface area contributed by atoms with Crippen molar-refractivity contribution in [3.8, 4) is 0 Å².